The molecule has 0 aromatic carbocycles. The third-order valence-electron chi connectivity index (χ3n) is 3.01. The van der Waals surface area contributed by atoms with Crippen LogP contribution in [0.1, 0.15) is 22.5 Å². The lowest BCUT2D eigenvalue weighted by molar-refractivity contribution is -0.131. The van der Waals surface area contributed by atoms with Crippen molar-refractivity contribution >= 4 is 18.0 Å². The average molecular weight is 276 g/mol. The summed E-state index contributed by atoms with van der Waals surface area (Å²) in [4.78, 5) is 26.2. The Labute approximate surface area is 116 Å². The van der Waals surface area contributed by atoms with Crippen LogP contribution in [0.15, 0.2) is 24.4 Å². The van der Waals surface area contributed by atoms with Crippen LogP contribution in [0.4, 0.5) is 0 Å². The lowest BCUT2D eigenvalue weighted by Gasteiger charge is -2.08. The van der Waals surface area contributed by atoms with Crippen LogP contribution in [-0.4, -0.2) is 41.7 Å². The van der Waals surface area contributed by atoms with Crippen LogP contribution >= 0.6 is 0 Å². The van der Waals surface area contributed by atoms with E-state index in [0.717, 1.165) is 19.1 Å². The van der Waals surface area contributed by atoms with Crippen molar-refractivity contribution < 1.29 is 19.4 Å². The van der Waals surface area contributed by atoms with Gasteiger partial charge in [-0.2, -0.15) is 0 Å². The highest BCUT2D eigenvalue weighted by Crippen LogP contribution is 2.11. The Morgan fingerprint density at radius 1 is 1.50 bits per heavy atom. The molecule has 1 aromatic rings. The number of aliphatic carboxylic acids is 1. The molecular formula is C14H16N2O4. The fourth-order valence-electron chi connectivity index (χ4n) is 1.88. The number of ether oxygens (including phenoxy) is 1. The molecular weight excluding hydrogens is 260 g/mol. The van der Waals surface area contributed by atoms with Crippen LogP contribution in [0.25, 0.3) is 6.08 Å². The summed E-state index contributed by atoms with van der Waals surface area (Å²) < 4.78 is 5.23. The molecule has 1 aromatic heterocycles. The van der Waals surface area contributed by atoms with Crippen molar-refractivity contribution in [1.29, 1.82) is 0 Å². The van der Waals surface area contributed by atoms with Gasteiger partial charge in [-0.15, -0.1) is 0 Å². The zero-order chi connectivity index (χ0) is 14.4. The molecule has 106 valence electrons. The number of hydrogen-bond donors (Lipinski definition) is 2. The first-order valence-corrected chi connectivity index (χ1v) is 6.38. The SMILES string of the molecule is O=C(O)C=Cc1ccc(C(=O)NCC2CCOC2)nc1. The van der Waals surface area contributed by atoms with E-state index in [1.165, 1.54) is 12.3 Å². The van der Waals surface area contributed by atoms with Gasteiger partial charge in [0.15, 0.2) is 0 Å². The predicted molar refractivity (Wildman–Crippen MR) is 72.2 cm³/mol. The third kappa shape index (κ3) is 4.17. The van der Waals surface area contributed by atoms with Crippen LogP contribution in [0, 0.1) is 5.92 Å². The molecule has 1 unspecified atom stereocenters. The molecule has 2 heterocycles. The van der Waals surface area contributed by atoms with Crippen molar-refractivity contribution in [3.05, 3.63) is 35.7 Å². The van der Waals surface area contributed by atoms with E-state index in [2.05, 4.69) is 10.3 Å². The quantitative estimate of drug-likeness (QED) is 0.781. The molecule has 1 amide bonds. The molecule has 20 heavy (non-hydrogen) atoms. The van der Waals surface area contributed by atoms with E-state index < -0.39 is 5.97 Å². The van der Waals surface area contributed by atoms with Crippen molar-refractivity contribution in [3.8, 4) is 0 Å². The van der Waals surface area contributed by atoms with Gasteiger partial charge in [-0.3, -0.25) is 9.78 Å². The number of amides is 1. The minimum absolute atomic E-state index is 0.231. The number of rotatable bonds is 5. The van der Waals surface area contributed by atoms with Gasteiger partial charge >= 0.3 is 5.97 Å². The van der Waals surface area contributed by atoms with Gasteiger partial charge in [0.25, 0.3) is 5.91 Å². The molecule has 1 saturated heterocycles. The molecule has 0 bridgehead atoms. The highest BCUT2D eigenvalue weighted by atomic mass is 16.5. The highest BCUT2D eigenvalue weighted by molar-refractivity contribution is 5.92. The maximum atomic E-state index is 11.9. The van der Waals surface area contributed by atoms with Crippen LogP contribution in [0.2, 0.25) is 0 Å². The molecule has 6 nitrogen and oxygen atoms in total. The molecule has 0 spiro atoms. The fraction of sp³-hybridized carbons (Fsp3) is 0.357. The predicted octanol–water partition coefficient (Wildman–Crippen LogP) is 0.946. The number of carbonyl (C=O) groups excluding carboxylic acids is 1. The van der Waals surface area contributed by atoms with Gasteiger partial charge in [0.2, 0.25) is 0 Å². The second kappa shape index (κ2) is 6.81. The first kappa shape index (κ1) is 14.2. The lowest BCUT2D eigenvalue weighted by atomic mass is 10.1. The van der Waals surface area contributed by atoms with Gasteiger partial charge in [-0.05, 0) is 24.1 Å². The monoisotopic (exact) mass is 276 g/mol. The van der Waals surface area contributed by atoms with Gasteiger partial charge < -0.3 is 15.2 Å². The number of carboxylic acid groups (broad SMARTS) is 1. The Hall–Kier alpha value is -2.21. The molecule has 1 fully saturated rings. The molecule has 6 heteroatoms. The molecule has 1 aliphatic heterocycles. The van der Waals surface area contributed by atoms with Crippen LogP contribution < -0.4 is 5.32 Å². The smallest absolute Gasteiger partial charge is 0.328 e. The largest absolute Gasteiger partial charge is 0.478 e. The minimum Gasteiger partial charge on any atom is -0.478 e. The van der Waals surface area contributed by atoms with E-state index in [0.29, 0.717) is 30.3 Å². The normalized spacial score (nSPS) is 18.3. The average Bonchev–Trinajstić information content (AvgIpc) is 2.96. The second-order valence-electron chi connectivity index (χ2n) is 4.59. The Balaban J connectivity index is 1.88. The first-order valence-electron chi connectivity index (χ1n) is 6.38. The van der Waals surface area contributed by atoms with E-state index in [1.54, 1.807) is 12.1 Å². The van der Waals surface area contributed by atoms with E-state index in [4.69, 9.17) is 9.84 Å². The molecule has 1 aliphatic rings. The second-order valence-corrected chi connectivity index (χ2v) is 4.59. The minimum atomic E-state index is -1.02. The Kier molecular flexibility index (Phi) is 4.84. The topological polar surface area (TPSA) is 88.5 Å². The van der Waals surface area contributed by atoms with Crippen molar-refractivity contribution in [1.82, 2.24) is 10.3 Å². The fourth-order valence-corrected chi connectivity index (χ4v) is 1.88. The van der Waals surface area contributed by atoms with Crippen LogP contribution in [-0.2, 0) is 9.53 Å². The number of nitrogens with one attached hydrogen (secondary N) is 1. The van der Waals surface area contributed by atoms with Gasteiger partial charge in [0.1, 0.15) is 5.69 Å². The summed E-state index contributed by atoms with van der Waals surface area (Å²) in [5, 5.41) is 11.3. The summed E-state index contributed by atoms with van der Waals surface area (Å²) in [6.07, 6.45) is 4.88. The van der Waals surface area contributed by atoms with Gasteiger partial charge in [-0.1, -0.05) is 6.07 Å². The number of hydrogen-bond acceptors (Lipinski definition) is 4. The summed E-state index contributed by atoms with van der Waals surface area (Å²) in [6.45, 7) is 2.03. The zero-order valence-corrected chi connectivity index (χ0v) is 10.9. The number of pyridine rings is 1. The molecule has 1 atom stereocenters. The summed E-state index contributed by atoms with van der Waals surface area (Å²) in [5.74, 6) is -0.881. The number of nitrogens with zero attached hydrogens (tertiary/aromatic N) is 1. The van der Waals surface area contributed by atoms with E-state index in [9.17, 15) is 9.59 Å². The summed E-state index contributed by atoms with van der Waals surface area (Å²) in [7, 11) is 0. The van der Waals surface area contributed by atoms with E-state index in [-0.39, 0.29) is 5.91 Å². The number of carboxylic acids is 1. The maximum absolute atomic E-state index is 11.9. The summed E-state index contributed by atoms with van der Waals surface area (Å²) >= 11 is 0. The Morgan fingerprint density at radius 2 is 2.35 bits per heavy atom. The first-order chi connectivity index (χ1) is 9.65. The molecule has 2 rings (SSSR count). The highest BCUT2D eigenvalue weighted by Gasteiger charge is 2.17. The molecule has 0 radical (unpaired) electrons. The van der Waals surface area contributed by atoms with Crippen molar-refractivity contribution in [2.45, 2.75) is 6.42 Å². The van der Waals surface area contributed by atoms with E-state index >= 15 is 0 Å². The standard InChI is InChI=1S/C14H16N2O4/c17-13(18)4-2-10-1-3-12(15-7-10)14(19)16-8-11-5-6-20-9-11/h1-4,7,11H,5-6,8-9H2,(H,16,19)(H,17,18). The lowest BCUT2D eigenvalue weighted by Crippen LogP contribution is -2.30. The molecule has 2 N–H and O–H groups in total. The van der Waals surface area contributed by atoms with Crippen molar-refractivity contribution in [2.75, 3.05) is 19.8 Å². The molecule has 0 saturated carbocycles. The van der Waals surface area contributed by atoms with Crippen LogP contribution in [0.3, 0.4) is 0 Å². The maximum Gasteiger partial charge on any atom is 0.328 e. The Morgan fingerprint density at radius 3 is 2.95 bits per heavy atom. The van der Waals surface area contributed by atoms with Gasteiger partial charge in [0, 0.05) is 31.3 Å². The third-order valence-corrected chi connectivity index (χ3v) is 3.01. The summed E-state index contributed by atoms with van der Waals surface area (Å²) in [6, 6.07) is 3.22. The van der Waals surface area contributed by atoms with Gasteiger partial charge in [0.05, 0.1) is 6.61 Å². The zero-order valence-electron chi connectivity index (χ0n) is 10.9. The van der Waals surface area contributed by atoms with Crippen molar-refractivity contribution in [2.24, 2.45) is 5.92 Å². The van der Waals surface area contributed by atoms with Crippen molar-refractivity contribution in [3.63, 3.8) is 0 Å². The Bertz CT molecular complexity index is 504. The van der Waals surface area contributed by atoms with E-state index in [1.807, 2.05) is 0 Å². The number of aromatic nitrogens is 1. The summed E-state index contributed by atoms with van der Waals surface area (Å²) in [5.41, 5.74) is 0.949. The van der Waals surface area contributed by atoms with Gasteiger partial charge in [-0.25, -0.2) is 4.79 Å². The van der Waals surface area contributed by atoms with Crippen LogP contribution in [0.5, 0.6) is 0 Å². The molecule has 0 aliphatic carbocycles. The number of carbonyl (C=O) groups is 2.